The van der Waals surface area contributed by atoms with E-state index in [1.165, 1.54) is 5.56 Å². The summed E-state index contributed by atoms with van der Waals surface area (Å²) in [5, 5.41) is 18.1. The highest BCUT2D eigenvalue weighted by Gasteiger charge is 2.29. The van der Waals surface area contributed by atoms with E-state index < -0.39 is 0 Å². The molecule has 186 valence electrons. The van der Waals surface area contributed by atoms with Crippen molar-refractivity contribution in [3.8, 4) is 11.4 Å². The van der Waals surface area contributed by atoms with Crippen LogP contribution in [0.15, 0.2) is 48.5 Å². The molecule has 5 rings (SSSR count). The average Bonchev–Trinajstić information content (AvgIpc) is 3.26. The second kappa shape index (κ2) is 9.97. The fraction of sp³-hybridized carbons (Fsp3) is 0.357. The number of nitrogens with zero attached hydrogens (tertiary/aromatic N) is 5. The van der Waals surface area contributed by atoms with Crippen LogP contribution in [0, 0.1) is 26.7 Å². The molecule has 2 aromatic heterocycles. The van der Waals surface area contributed by atoms with Gasteiger partial charge < -0.3 is 15.0 Å². The zero-order valence-electron chi connectivity index (χ0n) is 21.3. The van der Waals surface area contributed by atoms with Gasteiger partial charge in [-0.25, -0.2) is 4.68 Å². The molecule has 1 N–H and O–H groups in total. The molecular formula is C28H32N6O2. The maximum absolute atomic E-state index is 13.0. The maximum Gasteiger partial charge on any atom is 0.225 e. The molecule has 1 saturated heterocycles. The van der Waals surface area contributed by atoms with Crippen molar-refractivity contribution < 1.29 is 9.53 Å². The Bertz CT molecular complexity index is 1380. The van der Waals surface area contributed by atoms with Gasteiger partial charge in [0.2, 0.25) is 5.91 Å². The van der Waals surface area contributed by atoms with Gasteiger partial charge in [0, 0.05) is 19.6 Å². The van der Waals surface area contributed by atoms with Crippen molar-refractivity contribution in [3.63, 3.8) is 0 Å². The summed E-state index contributed by atoms with van der Waals surface area (Å²) in [5.41, 5.74) is 5.93. The van der Waals surface area contributed by atoms with E-state index in [4.69, 9.17) is 9.84 Å². The van der Waals surface area contributed by atoms with E-state index >= 15 is 0 Å². The van der Waals surface area contributed by atoms with Crippen LogP contribution < -0.4 is 15.0 Å². The number of aryl methyl sites for hydroxylation is 3. The highest BCUT2D eigenvalue weighted by atomic mass is 16.5. The standard InChI is InChI=1S/C28H32N6O2/c1-18-7-9-21(10-8-18)16-29-28(35)22-6-5-15-33(17-22)27-26-25(19(2)30-31-27)20(3)34(32-26)23-11-13-24(36-4)14-12-23/h7-14,22H,5-6,15-17H2,1-4H3,(H,29,35)/t22-/m0/s1. The molecule has 1 atom stereocenters. The Morgan fingerprint density at radius 3 is 2.53 bits per heavy atom. The molecule has 36 heavy (non-hydrogen) atoms. The van der Waals surface area contributed by atoms with Crippen molar-refractivity contribution in [2.75, 3.05) is 25.1 Å². The first-order valence-corrected chi connectivity index (χ1v) is 12.4. The SMILES string of the molecule is COc1ccc(-n2nc3c(N4CCC[C@H](C(=O)NCc5ccc(C)cc5)C4)nnc(C)c3c2C)cc1. The van der Waals surface area contributed by atoms with Crippen molar-refractivity contribution in [2.45, 2.75) is 40.2 Å². The molecule has 0 spiro atoms. The van der Waals surface area contributed by atoms with Crippen molar-refractivity contribution in [1.82, 2.24) is 25.3 Å². The number of rotatable bonds is 6. The van der Waals surface area contributed by atoms with Crippen molar-refractivity contribution >= 4 is 22.6 Å². The zero-order chi connectivity index (χ0) is 25.2. The van der Waals surface area contributed by atoms with Crippen LogP contribution in [0.1, 0.15) is 35.4 Å². The summed E-state index contributed by atoms with van der Waals surface area (Å²) < 4.78 is 7.23. The van der Waals surface area contributed by atoms with E-state index in [0.717, 1.165) is 64.5 Å². The lowest BCUT2D eigenvalue weighted by Crippen LogP contribution is -2.43. The Morgan fingerprint density at radius 1 is 1.06 bits per heavy atom. The molecule has 8 heteroatoms. The number of fused-ring (bicyclic) bond motifs is 1. The highest BCUT2D eigenvalue weighted by Crippen LogP contribution is 2.32. The Labute approximate surface area is 211 Å². The van der Waals surface area contributed by atoms with Crippen LogP contribution in [0.5, 0.6) is 5.75 Å². The molecule has 0 radical (unpaired) electrons. The summed E-state index contributed by atoms with van der Waals surface area (Å²) in [7, 11) is 1.66. The van der Waals surface area contributed by atoms with Crippen molar-refractivity contribution in [2.24, 2.45) is 5.92 Å². The minimum absolute atomic E-state index is 0.0801. The zero-order valence-corrected chi connectivity index (χ0v) is 21.3. The van der Waals surface area contributed by atoms with Gasteiger partial charge in [-0.2, -0.15) is 10.2 Å². The van der Waals surface area contributed by atoms with E-state index in [1.54, 1.807) is 7.11 Å². The monoisotopic (exact) mass is 484 g/mol. The molecule has 1 aliphatic rings. The van der Waals surface area contributed by atoms with Crippen LogP contribution in [0.4, 0.5) is 5.82 Å². The molecule has 4 aromatic rings. The molecule has 0 unspecified atom stereocenters. The number of methoxy groups -OCH3 is 1. The number of benzene rings is 2. The lowest BCUT2D eigenvalue weighted by atomic mass is 9.97. The molecular weight excluding hydrogens is 452 g/mol. The van der Waals surface area contributed by atoms with Crippen LogP contribution in [0.25, 0.3) is 16.6 Å². The summed E-state index contributed by atoms with van der Waals surface area (Å²) >= 11 is 0. The number of carbonyl (C=O) groups is 1. The first-order valence-electron chi connectivity index (χ1n) is 12.4. The number of amides is 1. The number of piperidine rings is 1. The number of anilines is 1. The Kier molecular flexibility index (Phi) is 6.59. The molecule has 8 nitrogen and oxygen atoms in total. The van der Waals surface area contributed by atoms with Gasteiger partial charge in [-0.05, 0) is 63.4 Å². The molecule has 0 aliphatic carbocycles. The van der Waals surface area contributed by atoms with Crippen molar-refractivity contribution in [3.05, 3.63) is 71.0 Å². The number of hydrogen-bond donors (Lipinski definition) is 1. The topological polar surface area (TPSA) is 85.2 Å². The maximum atomic E-state index is 13.0. The molecule has 1 fully saturated rings. The van der Waals surface area contributed by atoms with Gasteiger partial charge in [-0.1, -0.05) is 29.8 Å². The molecule has 3 heterocycles. The second-order valence-corrected chi connectivity index (χ2v) is 9.52. The first-order chi connectivity index (χ1) is 17.4. The Hall–Kier alpha value is -3.94. The number of carbonyl (C=O) groups excluding carboxylic acids is 1. The van der Waals surface area contributed by atoms with Crippen molar-refractivity contribution in [1.29, 1.82) is 0 Å². The van der Waals surface area contributed by atoms with Crippen LogP contribution in [-0.2, 0) is 11.3 Å². The van der Waals surface area contributed by atoms with Gasteiger partial charge >= 0.3 is 0 Å². The molecule has 0 saturated carbocycles. The summed E-state index contributed by atoms with van der Waals surface area (Å²) in [4.78, 5) is 15.2. The quantitative estimate of drug-likeness (QED) is 0.440. The normalized spacial score (nSPS) is 15.8. The fourth-order valence-electron chi connectivity index (χ4n) is 4.92. The summed E-state index contributed by atoms with van der Waals surface area (Å²) in [6, 6.07) is 16.1. The molecule has 0 bridgehead atoms. The largest absolute Gasteiger partial charge is 0.497 e. The predicted octanol–water partition coefficient (Wildman–Crippen LogP) is 4.28. The molecule has 2 aromatic carbocycles. The van der Waals surface area contributed by atoms with Crippen LogP contribution in [0.3, 0.4) is 0 Å². The van der Waals surface area contributed by atoms with Crippen LogP contribution in [0.2, 0.25) is 0 Å². The fourth-order valence-corrected chi connectivity index (χ4v) is 4.92. The summed E-state index contributed by atoms with van der Waals surface area (Å²) in [5.74, 6) is 1.51. The third-order valence-corrected chi connectivity index (χ3v) is 6.98. The van der Waals surface area contributed by atoms with Gasteiger partial charge in [0.25, 0.3) is 0 Å². The highest BCUT2D eigenvalue weighted by molar-refractivity contribution is 5.92. The lowest BCUT2D eigenvalue weighted by Gasteiger charge is -2.32. The van der Waals surface area contributed by atoms with Gasteiger partial charge in [0.1, 0.15) is 11.3 Å². The molecule has 1 amide bonds. The first kappa shape index (κ1) is 23.8. The molecule has 1 aliphatic heterocycles. The van der Waals surface area contributed by atoms with E-state index in [9.17, 15) is 4.79 Å². The lowest BCUT2D eigenvalue weighted by molar-refractivity contribution is -0.125. The minimum Gasteiger partial charge on any atom is -0.497 e. The number of nitrogens with one attached hydrogen (secondary N) is 1. The van der Waals surface area contributed by atoms with E-state index in [-0.39, 0.29) is 11.8 Å². The second-order valence-electron chi connectivity index (χ2n) is 9.52. The smallest absolute Gasteiger partial charge is 0.225 e. The van der Waals surface area contributed by atoms with E-state index in [2.05, 4.69) is 58.5 Å². The van der Waals surface area contributed by atoms with E-state index in [0.29, 0.717) is 13.1 Å². The van der Waals surface area contributed by atoms with Gasteiger partial charge in [-0.15, -0.1) is 5.10 Å². The number of aromatic nitrogens is 4. The predicted molar refractivity (Wildman–Crippen MR) is 141 cm³/mol. The minimum atomic E-state index is -0.105. The average molecular weight is 485 g/mol. The third-order valence-electron chi connectivity index (χ3n) is 6.98. The Morgan fingerprint density at radius 2 is 1.81 bits per heavy atom. The summed E-state index contributed by atoms with van der Waals surface area (Å²) in [6.07, 6.45) is 1.77. The van der Waals surface area contributed by atoms with Gasteiger partial charge in [-0.3, -0.25) is 4.79 Å². The summed E-state index contributed by atoms with van der Waals surface area (Å²) in [6.45, 7) is 8.03. The van der Waals surface area contributed by atoms with Gasteiger partial charge in [0.15, 0.2) is 5.82 Å². The number of ether oxygens (including phenoxy) is 1. The number of hydrogen-bond acceptors (Lipinski definition) is 6. The van der Waals surface area contributed by atoms with Gasteiger partial charge in [0.05, 0.1) is 35.5 Å². The van der Waals surface area contributed by atoms with Crippen LogP contribution >= 0.6 is 0 Å². The Balaban J connectivity index is 1.38. The third kappa shape index (κ3) is 4.63. The van der Waals surface area contributed by atoms with E-state index in [1.807, 2.05) is 35.9 Å². The van der Waals surface area contributed by atoms with Crippen LogP contribution in [-0.4, -0.2) is 46.1 Å².